The molecule has 3 rings (SSSR count). The normalized spacial score (nSPS) is 15.7. The number of carbonyl (C=O) groups excluding carboxylic acids is 1. The number of carbonyl (C=O) groups is 1. The molecule has 5 nitrogen and oxygen atoms in total. The number of benzene rings is 2. The third-order valence-corrected chi connectivity index (χ3v) is 7.15. The van der Waals surface area contributed by atoms with Crippen LogP contribution in [0.5, 0.6) is 0 Å². The molecule has 0 aliphatic carbocycles. The van der Waals surface area contributed by atoms with Crippen LogP contribution in [0.4, 0.5) is 4.39 Å². The van der Waals surface area contributed by atoms with Crippen molar-refractivity contribution in [3.8, 4) is 0 Å². The van der Waals surface area contributed by atoms with E-state index >= 15 is 0 Å². The zero-order valence-corrected chi connectivity index (χ0v) is 16.6. The molecule has 1 aliphatic rings. The van der Waals surface area contributed by atoms with E-state index in [9.17, 15) is 17.6 Å². The first kappa shape index (κ1) is 20.1. The predicted octanol–water partition coefficient (Wildman–Crippen LogP) is 3.21. The Morgan fingerprint density at radius 2 is 1.67 bits per heavy atom. The second-order valence-electron chi connectivity index (χ2n) is 6.13. The molecular formula is C18H17Cl2FN2O3S. The summed E-state index contributed by atoms with van der Waals surface area (Å²) in [5.74, 6) is -0.796. The summed E-state index contributed by atoms with van der Waals surface area (Å²) >= 11 is 12.0. The molecule has 1 heterocycles. The van der Waals surface area contributed by atoms with Gasteiger partial charge in [0.25, 0.3) is 0 Å². The summed E-state index contributed by atoms with van der Waals surface area (Å²) in [5, 5.41) is 0.487. The van der Waals surface area contributed by atoms with Gasteiger partial charge in [-0.3, -0.25) is 4.79 Å². The molecule has 0 radical (unpaired) electrons. The van der Waals surface area contributed by atoms with Gasteiger partial charge in [0.05, 0.1) is 11.4 Å². The topological polar surface area (TPSA) is 57.7 Å². The molecule has 1 saturated heterocycles. The molecule has 1 amide bonds. The van der Waals surface area contributed by atoms with Crippen LogP contribution in [0.1, 0.15) is 5.56 Å². The van der Waals surface area contributed by atoms with Crippen molar-refractivity contribution >= 4 is 39.1 Å². The summed E-state index contributed by atoms with van der Waals surface area (Å²) in [7, 11) is -3.93. The summed E-state index contributed by atoms with van der Waals surface area (Å²) in [6.07, 6.45) is 0.155. The molecule has 2 aromatic carbocycles. The van der Waals surface area contributed by atoms with E-state index < -0.39 is 15.8 Å². The first-order valence-electron chi connectivity index (χ1n) is 8.25. The van der Waals surface area contributed by atoms with Gasteiger partial charge in [0, 0.05) is 31.2 Å². The summed E-state index contributed by atoms with van der Waals surface area (Å²) in [6, 6.07) is 10.3. The van der Waals surface area contributed by atoms with E-state index in [4.69, 9.17) is 23.2 Å². The van der Waals surface area contributed by atoms with E-state index in [0.29, 0.717) is 5.02 Å². The van der Waals surface area contributed by atoms with Crippen molar-refractivity contribution in [1.82, 2.24) is 9.21 Å². The minimum Gasteiger partial charge on any atom is -0.340 e. The Kier molecular flexibility index (Phi) is 6.05. The number of sulfonamides is 1. The molecular weight excluding hydrogens is 414 g/mol. The molecule has 0 bridgehead atoms. The van der Waals surface area contributed by atoms with E-state index in [1.807, 2.05) is 6.07 Å². The highest BCUT2D eigenvalue weighted by Crippen LogP contribution is 2.26. The second-order valence-corrected chi connectivity index (χ2v) is 8.85. The van der Waals surface area contributed by atoms with Crippen molar-refractivity contribution in [2.24, 2.45) is 0 Å². The average Bonchev–Trinajstić information content (AvgIpc) is 2.65. The molecule has 0 spiro atoms. The minimum atomic E-state index is -3.93. The van der Waals surface area contributed by atoms with Crippen LogP contribution in [0, 0.1) is 5.82 Å². The van der Waals surface area contributed by atoms with Gasteiger partial charge in [0.2, 0.25) is 15.9 Å². The lowest BCUT2D eigenvalue weighted by Crippen LogP contribution is -2.50. The van der Waals surface area contributed by atoms with Gasteiger partial charge in [-0.05, 0) is 29.8 Å². The molecule has 0 saturated carbocycles. The lowest BCUT2D eigenvalue weighted by Gasteiger charge is -2.34. The standard InChI is InChI=1S/C18H17Cl2FN2O3S/c19-15-4-2-1-3-13(15)11-18(24)22-7-9-23(10-8-22)27(25,26)17-12-14(21)5-6-16(17)20/h1-6,12H,7-11H2. The fourth-order valence-corrected chi connectivity index (χ4v) is 5.02. The number of hydrogen-bond donors (Lipinski definition) is 0. The number of hydrogen-bond acceptors (Lipinski definition) is 3. The highest BCUT2D eigenvalue weighted by atomic mass is 35.5. The van der Waals surface area contributed by atoms with Crippen LogP contribution in [-0.2, 0) is 21.2 Å². The van der Waals surface area contributed by atoms with Crippen LogP contribution < -0.4 is 0 Å². The average molecular weight is 431 g/mol. The highest BCUT2D eigenvalue weighted by Gasteiger charge is 2.31. The van der Waals surface area contributed by atoms with Crippen molar-refractivity contribution in [2.45, 2.75) is 11.3 Å². The fraction of sp³-hybridized carbons (Fsp3) is 0.278. The predicted molar refractivity (Wildman–Crippen MR) is 102 cm³/mol. The van der Waals surface area contributed by atoms with Crippen molar-refractivity contribution < 1.29 is 17.6 Å². The molecule has 0 aromatic heterocycles. The molecule has 0 unspecified atom stereocenters. The Morgan fingerprint density at radius 3 is 2.33 bits per heavy atom. The SMILES string of the molecule is O=C(Cc1ccccc1Cl)N1CCN(S(=O)(=O)c2cc(F)ccc2Cl)CC1. The van der Waals surface area contributed by atoms with Crippen LogP contribution >= 0.6 is 23.2 Å². The summed E-state index contributed by atoms with van der Waals surface area (Å²) in [5.41, 5.74) is 0.728. The van der Waals surface area contributed by atoms with Gasteiger partial charge in [0.1, 0.15) is 10.7 Å². The van der Waals surface area contributed by atoms with Crippen LogP contribution in [0.25, 0.3) is 0 Å². The minimum absolute atomic E-state index is 0.0337. The zero-order valence-electron chi connectivity index (χ0n) is 14.2. The monoisotopic (exact) mass is 430 g/mol. The van der Waals surface area contributed by atoms with Gasteiger partial charge in [-0.2, -0.15) is 4.31 Å². The first-order chi connectivity index (χ1) is 12.8. The van der Waals surface area contributed by atoms with Crippen molar-refractivity contribution in [1.29, 1.82) is 0 Å². The zero-order chi connectivity index (χ0) is 19.6. The van der Waals surface area contributed by atoms with Crippen LogP contribution in [0.3, 0.4) is 0 Å². The van der Waals surface area contributed by atoms with Gasteiger partial charge in [-0.1, -0.05) is 41.4 Å². The van der Waals surface area contributed by atoms with Crippen molar-refractivity contribution in [3.63, 3.8) is 0 Å². The molecule has 1 aliphatic heterocycles. The summed E-state index contributed by atoms with van der Waals surface area (Å²) in [6.45, 7) is 0.720. The number of halogens is 3. The van der Waals surface area contributed by atoms with Gasteiger partial charge >= 0.3 is 0 Å². The van der Waals surface area contributed by atoms with Crippen molar-refractivity contribution in [2.75, 3.05) is 26.2 Å². The summed E-state index contributed by atoms with van der Waals surface area (Å²) in [4.78, 5) is 13.8. The number of piperazine rings is 1. The molecule has 0 N–H and O–H groups in total. The quantitative estimate of drug-likeness (QED) is 0.747. The first-order valence-corrected chi connectivity index (χ1v) is 10.4. The van der Waals surface area contributed by atoms with Crippen LogP contribution in [0.15, 0.2) is 47.4 Å². The maximum atomic E-state index is 13.4. The van der Waals surface area contributed by atoms with Gasteiger partial charge in [0.15, 0.2) is 0 Å². The number of amides is 1. The molecule has 2 aromatic rings. The number of nitrogens with zero attached hydrogens (tertiary/aromatic N) is 2. The lowest BCUT2D eigenvalue weighted by molar-refractivity contribution is -0.131. The third kappa shape index (κ3) is 4.43. The summed E-state index contributed by atoms with van der Waals surface area (Å²) < 4.78 is 40.1. The van der Waals surface area contributed by atoms with Crippen LogP contribution in [0.2, 0.25) is 10.0 Å². The Balaban J connectivity index is 1.67. The maximum Gasteiger partial charge on any atom is 0.244 e. The molecule has 144 valence electrons. The molecule has 0 atom stereocenters. The lowest BCUT2D eigenvalue weighted by atomic mass is 10.1. The Labute approximate surface area is 167 Å². The Morgan fingerprint density at radius 1 is 1.00 bits per heavy atom. The third-order valence-electron chi connectivity index (χ3n) is 4.40. The number of rotatable bonds is 4. The van der Waals surface area contributed by atoms with Gasteiger partial charge in [-0.25, -0.2) is 12.8 Å². The highest BCUT2D eigenvalue weighted by molar-refractivity contribution is 7.89. The van der Waals surface area contributed by atoms with E-state index in [1.165, 1.54) is 10.4 Å². The Hall–Kier alpha value is -1.67. The fourth-order valence-electron chi connectivity index (χ4n) is 2.91. The van der Waals surface area contributed by atoms with Crippen LogP contribution in [-0.4, -0.2) is 49.7 Å². The van der Waals surface area contributed by atoms with E-state index in [2.05, 4.69) is 0 Å². The van der Waals surface area contributed by atoms with E-state index in [1.54, 1.807) is 23.1 Å². The maximum absolute atomic E-state index is 13.4. The second kappa shape index (κ2) is 8.14. The largest absolute Gasteiger partial charge is 0.340 e. The molecule has 1 fully saturated rings. The smallest absolute Gasteiger partial charge is 0.244 e. The Bertz CT molecular complexity index is 961. The molecule has 9 heteroatoms. The van der Waals surface area contributed by atoms with Crippen molar-refractivity contribution in [3.05, 3.63) is 63.9 Å². The molecule has 27 heavy (non-hydrogen) atoms. The van der Waals surface area contributed by atoms with E-state index in [-0.39, 0.29) is 48.4 Å². The van der Waals surface area contributed by atoms with E-state index in [0.717, 1.165) is 17.7 Å². The van der Waals surface area contributed by atoms with Gasteiger partial charge in [-0.15, -0.1) is 0 Å². The van der Waals surface area contributed by atoms with Gasteiger partial charge < -0.3 is 4.90 Å².